The predicted octanol–water partition coefficient (Wildman–Crippen LogP) is 2.32. The largest absolute Gasteiger partial charge is 0.324 e. The van der Waals surface area contributed by atoms with E-state index in [2.05, 4.69) is 10.0 Å². The minimum absolute atomic E-state index is 0.154. The Bertz CT molecular complexity index is 816. The fourth-order valence-corrected chi connectivity index (χ4v) is 3.32. The molecule has 0 bridgehead atoms. The van der Waals surface area contributed by atoms with Crippen LogP contribution in [0.3, 0.4) is 0 Å². The number of aryl methyl sites for hydroxylation is 1. The van der Waals surface area contributed by atoms with Crippen molar-refractivity contribution in [1.29, 1.82) is 0 Å². The Morgan fingerprint density at radius 2 is 1.68 bits per heavy atom. The molecule has 2 aromatic rings. The zero-order valence-electron chi connectivity index (χ0n) is 14.3. The third-order valence-electron chi connectivity index (χ3n) is 3.69. The van der Waals surface area contributed by atoms with Crippen LogP contribution in [-0.4, -0.2) is 20.9 Å². The van der Waals surface area contributed by atoms with Gasteiger partial charge < -0.3 is 11.1 Å². The lowest BCUT2D eigenvalue weighted by molar-refractivity contribution is -0.117. The van der Waals surface area contributed by atoms with Gasteiger partial charge in [0, 0.05) is 12.2 Å². The van der Waals surface area contributed by atoms with Gasteiger partial charge in [-0.2, -0.15) is 0 Å². The number of nitrogens with one attached hydrogen (secondary N) is 2. The Labute approximate surface area is 148 Å². The topological polar surface area (TPSA) is 101 Å². The molecular weight excluding hydrogens is 338 g/mol. The standard InChI is InChI=1S/C18H23N3O3S/c1-3-12-20-25(23,24)16-10-8-15(9-11-16)21-18(22)17(19)14-6-4-13(2)5-7-14/h4-11,17,20H,3,12,19H2,1-2H3,(H,21,22). The quantitative estimate of drug-likeness (QED) is 0.704. The van der Waals surface area contributed by atoms with E-state index in [1.54, 1.807) is 12.1 Å². The van der Waals surface area contributed by atoms with Crippen molar-refractivity contribution < 1.29 is 13.2 Å². The maximum atomic E-state index is 12.3. The Morgan fingerprint density at radius 3 is 2.24 bits per heavy atom. The van der Waals surface area contributed by atoms with E-state index in [0.29, 0.717) is 24.2 Å². The van der Waals surface area contributed by atoms with Crippen LogP contribution in [0.5, 0.6) is 0 Å². The molecular formula is C18H23N3O3S. The molecule has 0 aliphatic carbocycles. The summed E-state index contributed by atoms with van der Waals surface area (Å²) in [7, 11) is -3.52. The molecule has 0 aliphatic heterocycles. The Hall–Kier alpha value is -2.22. The summed E-state index contributed by atoms with van der Waals surface area (Å²) in [5.41, 5.74) is 8.26. The zero-order valence-corrected chi connectivity index (χ0v) is 15.1. The molecule has 0 saturated heterocycles. The summed E-state index contributed by atoms with van der Waals surface area (Å²) in [5, 5.41) is 2.70. The highest BCUT2D eigenvalue weighted by Gasteiger charge is 2.17. The van der Waals surface area contributed by atoms with Gasteiger partial charge in [-0.3, -0.25) is 4.79 Å². The Kier molecular flexibility index (Phi) is 6.30. The Morgan fingerprint density at radius 1 is 1.08 bits per heavy atom. The van der Waals surface area contributed by atoms with Gasteiger partial charge in [-0.15, -0.1) is 0 Å². The van der Waals surface area contributed by atoms with Crippen molar-refractivity contribution in [2.75, 3.05) is 11.9 Å². The molecule has 0 saturated carbocycles. The van der Waals surface area contributed by atoms with Crippen LogP contribution in [0.2, 0.25) is 0 Å². The van der Waals surface area contributed by atoms with Gasteiger partial charge in [0.1, 0.15) is 6.04 Å². The first-order valence-corrected chi connectivity index (χ1v) is 9.54. The van der Waals surface area contributed by atoms with Crippen LogP contribution in [0.4, 0.5) is 5.69 Å². The summed E-state index contributed by atoms with van der Waals surface area (Å²) in [5.74, 6) is -0.358. The van der Waals surface area contributed by atoms with E-state index < -0.39 is 16.1 Å². The summed E-state index contributed by atoms with van der Waals surface area (Å²) >= 11 is 0. The maximum absolute atomic E-state index is 12.3. The SMILES string of the molecule is CCCNS(=O)(=O)c1ccc(NC(=O)C(N)c2ccc(C)cc2)cc1. The third kappa shape index (κ3) is 5.12. The number of benzene rings is 2. The van der Waals surface area contributed by atoms with Gasteiger partial charge in [0.05, 0.1) is 4.90 Å². The number of amides is 1. The molecule has 1 unspecified atom stereocenters. The second kappa shape index (κ2) is 8.24. The molecule has 1 atom stereocenters. The number of nitrogens with two attached hydrogens (primary N) is 1. The van der Waals surface area contributed by atoms with E-state index in [0.717, 1.165) is 5.56 Å². The summed E-state index contributed by atoms with van der Waals surface area (Å²) in [6.45, 7) is 4.23. The molecule has 6 nitrogen and oxygen atoms in total. The fourth-order valence-electron chi connectivity index (χ4n) is 2.18. The molecule has 2 aromatic carbocycles. The average molecular weight is 361 g/mol. The van der Waals surface area contributed by atoms with Crippen LogP contribution in [0.15, 0.2) is 53.4 Å². The number of sulfonamides is 1. The molecule has 7 heteroatoms. The number of carbonyl (C=O) groups is 1. The highest BCUT2D eigenvalue weighted by atomic mass is 32.2. The van der Waals surface area contributed by atoms with Gasteiger partial charge in [-0.25, -0.2) is 13.1 Å². The second-order valence-corrected chi connectivity index (χ2v) is 7.57. The molecule has 0 aliphatic rings. The highest BCUT2D eigenvalue weighted by Crippen LogP contribution is 2.17. The number of carbonyl (C=O) groups excluding carboxylic acids is 1. The predicted molar refractivity (Wildman–Crippen MR) is 98.7 cm³/mol. The lowest BCUT2D eigenvalue weighted by Crippen LogP contribution is -2.27. The normalized spacial score (nSPS) is 12.6. The van der Waals surface area contributed by atoms with Crippen LogP contribution in [-0.2, 0) is 14.8 Å². The molecule has 4 N–H and O–H groups in total. The van der Waals surface area contributed by atoms with Crippen molar-refractivity contribution in [2.24, 2.45) is 5.73 Å². The minimum atomic E-state index is -3.52. The van der Waals surface area contributed by atoms with Gasteiger partial charge in [0.2, 0.25) is 15.9 Å². The summed E-state index contributed by atoms with van der Waals surface area (Å²) in [6, 6.07) is 12.6. The summed E-state index contributed by atoms with van der Waals surface area (Å²) in [4.78, 5) is 12.4. The van der Waals surface area contributed by atoms with Crippen LogP contribution >= 0.6 is 0 Å². The monoisotopic (exact) mass is 361 g/mol. The molecule has 0 aromatic heterocycles. The lowest BCUT2D eigenvalue weighted by atomic mass is 10.1. The van der Waals surface area contributed by atoms with E-state index in [4.69, 9.17) is 5.73 Å². The van der Waals surface area contributed by atoms with Crippen LogP contribution in [0.25, 0.3) is 0 Å². The van der Waals surface area contributed by atoms with Crippen LogP contribution < -0.4 is 15.8 Å². The summed E-state index contributed by atoms with van der Waals surface area (Å²) < 4.78 is 26.5. The van der Waals surface area contributed by atoms with Crippen molar-refractivity contribution in [2.45, 2.75) is 31.2 Å². The molecule has 0 radical (unpaired) electrons. The van der Waals surface area contributed by atoms with Gasteiger partial charge in [0.15, 0.2) is 0 Å². The fraction of sp³-hybridized carbons (Fsp3) is 0.278. The molecule has 134 valence electrons. The van der Waals surface area contributed by atoms with Crippen LogP contribution in [0.1, 0.15) is 30.5 Å². The lowest BCUT2D eigenvalue weighted by Gasteiger charge is -2.13. The minimum Gasteiger partial charge on any atom is -0.324 e. The van der Waals surface area contributed by atoms with E-state index in [1.165, 1.54) is 12.1 Å². The van der Waals surface area contributed by atoms with Crippen molar-refractivity contribution in [3.8, 4) is 0 Å². The molecule has 1 amide bonds. The Balaban J connectivity index is 2.05. The number of rotatable bonds is 7. The number of hydrogen-bond acceptors (Lipinski definition) is 4. The van der Waals surface area contributed by atoms with Crippen molar-refractivity contribution in [3.63, 3.8) is 0 Å². The smallest absolute Gasteiger partial charge is 0.245 e. The molecule has 0 heterocycles. The van der Waals surface area contributed by atoms with Gasteiger partial charge in [-0.1, -0.05) is 36.8 Å². The van der Waals surface area contributed by atoms with Gasteiger partial charge in [-0.05, 0) is 43.2 Å². The first kappa shape index (κ1) is 19.1. The van der Waals surface area contributed by atoms with Crippen molar-refractivity contribution in [3.05, 3.63) is 59.7 Å². The maximum Gasteiger partial charge on any atom is 0.245 e. The first-order valence-electron chi connectivity index (χ1n) is 8.06. The highest BCUT2D eigenvalue weighted by molar-refractivity contribution is 7.89. The number of hydrogen-bond donors (Lipinski definition) is 3. The van der Waals surface area contributed by atoms with Crippen molar-refractivity contribution >= 4 is 21.6 Å². The first-order chi connectivity index (χ1) is 11.8. The van der Waals surface area contributed by atoms with E-state index >= 15 is 0 Å². The summed E-state index contributed by atoms with van der Waals surface area (Å²) in [6.07, 6.45) is 0.713. The van der Waals surface area contributed by atoms with E-state index in [-0.39, 0.29) is 10.8 Å². The third-order valence-corrected chi connectivity index (χ3v) is 5.17. The van der Waals surface area contributed by atoms with Crippen molar-refractivity contribution in [1.82, 2.24) is 4.72 Å². The van der Waals surface area contributed by atoms with E-state index in [9.17, 15) is 13.2 Å². The molecule has 25 heavy (non-hydrogen) atoms. The molecule has 0 fully saturated rings. The van der Waals surface area contributed by atoms with Gasteiger partial charge >= 0.3 is 0 Å². The average Bonchev–Trinajstić information content (AvgIpc) is 2.60. The second-order valence-electron chi connectivity index (χ2n) is 5.80. The van der Waals surface area contributed by atoms with E-state index in [1.807, 2.05) is 38.1 Å². The van der Waals surface area contributed by atoms with Gasteiger partial charge in [0.25, 0.3) is 0 Å². The van der Waals surface area contributed by atoms with Crippen LogP contribution in [0, 0.1) is 6.92 Å². The molecule has 0 spiro atoms. The molecule has 2 rings (SSSR count). The zero-order chi connectivity index (χ0) is 18.4. The number of anilines is 1.